The third-order valence-corrected chi connectivity index (χ3v) is 5.85. The number of methoxy groups -OCH3 is 1. The van der Waals surface area contributed by atoms with Crippen LogP contribution in [0.2, 0.25) is 5.02 Å². The van der Waals surface area contributed by atoms with Gasteiger partial charge in [-0.1, -0.05) is 17.7 Å². The summed E-state index contributed by atoms with van der Waals surface area (Å²) >= 11 is 6.09. The van der Waals surface area contributed by atoms with E-state index in [0.717, 1.165) is 31.9 Å². The Balaban J connectivity index is 1.36. The molecule has 2 N–H and O–H groups in total. The second-order valence-corrected chi connectivity index (χ2v) is 8.10. The van der Waals surface area contributed by atoms with Crippen molar-refractivity contribution in [1.29, 1.82) is 0 Å². The molecular weight excluding hydrogens is 435 g/mol. The van der Waals surface area contributed by atoms with Gasteiger partial charge in [0.05, 0.1) is 12.8 Å². The Morgan fingerprint density at radius 3 is 2.66 bits per heavy atom. The molecule has 0 aliphatic carbocycles. The van der Waals surface area contributed by atoms with E-state index in [1.807, 2.05) is 24.3 Å². The van der Waals surface area contributed by atoms with E-state index in [-0.39, 0.29) is 23.7 Å². The van der Waals surface area contributed by atoms with Crippen molar-refractivity contribution < 1.29 is 18.7 Å². The number of hydrogen-bond donors (Lipinski definition) is 2. The number of piperazine rings is 1. The fourth-order valence-corrected chi connectivity index (χ4v) is 4.10. The molecule has 1 fully saturated rings. The second-order valence-electron chi connectivity index (χ2n) is 7.66. The summed E-state index contributed by atoms with van der Waals surface area (Å²) in [6.07, 6.45) is 0.250. The molecule has 2 aromatic carbocycles. The molecular formula is C23H24ClFN4O3. The molecule has 0 atom stereocenters. The number of carbonyl (C=O) groups is 2. The molecule has 1 aliphatic heterocycles. The highest BCUT2D eigenvalue weighted by molar-refractivity contribution is 6.30. The Labute approximate surface area is 190 Å². The Bertz CT molecular complexity index is 1140. The summed E-state index contributed by atoms with van der Waals surface area (Å²) in [6, 6.07) is 11.9. The number of anilines is 2. The number of hydrogen-bond acceptors (Lipinski definition) is 5. The van der Waals surface area contributed by atoms with Gasteiger partial charge in [-0.2, -0.15) is 0 Å². The van der Waals surface area contributed by atoms with Crippen LogP contribution < -0.4 is 10.2 Å². The number of halogens is 2. The molecule has 0 saturated carbocycles. The van der Waals surface area contributed by atoms with Crippen molar-refractivity contribution in [2.45, 2.75) is 6.42 Å². The van der Waals surface area contributed by atoms with E-state index in [4.69, 9.17) is 16.3 Å². The fraction of sp³-hybridized carbons (Fsp3) is 0.304. The van der Waals surface area contributed by atoms with Gasteiger partial charge in [0.25, 0.3) is 0 Å². The van der Waals surface area contributed by atoms with Crippen molar-refractivity contribution in [1.82, 2.24) is 9.88 Å². The van der Waals surface area contributed by atoms with Crippen LogP contribution in [0.3, 0.4) is 0 Å². The number of aromatic nitrogens is 1. The molecule has 168 valence electrons. The SMILES string of the molecule is COC(=O)c1[nH]c2ccc(F)cc2c1NC(=O)CCN1CCN(c2cccc(Cl)c2)CC1. The van der Waals surface area contributed by atoms with Crippen molar-refractivity contribution in [3.05, 3.63) is 59.0 Å². The number of benzene rings is 2. The number of esters is 1. The monoisotopic (exact) mass is 458 g/mol. The minimum atomic E-state index is -0.631. The Hall–Kier alpha value is -3.10. The number of ether oxygens (including phenoxy) is 1. The van der Waals surface area contributed by atoms with Crippen molar-refractivity contribution in [3.8, 4) is 0 Å². The van der Waals surface area contributed by atoms with Crippen LogP contribution in [0, 0.1) is 5.82 Å². The predicted octanol–water partition coefficient (Wildman–Crippen LogP) is 3.90. The number of nitrogens with one attached hydrogen (secondary N) is 2. The molecule has 0 unspecified atom stereocenters. The van der Waals surface area contributed by atoms with E-state index in [9.17, 15) is 14.0 Å². The normalized spacial score (nSPS) is 14.5. The molecule has 1 aromatic heterocycles. The van der Waals surface area contributed by atoms with Crippen molar-refractivity contribution in [2.75, 3.05) is 50.1 Å². The number of aromatic amines is 1. The van der Waals surface area contributed by atoms with Crippen molar-refractivity contribution in [2.24, 2.45) is 0 Å². The highest BCUT2D eigenvalue weighted by atomic mass is 35.5. The van der Waals surface area contributed by atoms with Crippen LogP contribution in [0.4, 0.5) is 15.8 Å². The number of fused-ring (bicyclic) bond motifs is 1. The Morgan fingerprint density at radius 2 is 1.94 bits per heavy atom. The van der Waals surface area contributed by atoms with Crippen LogP contribution in [-0.4, -0.2) is 61.6 Å². The summed E-state index contributed by atoms with van der Waals surface area (Å²) in [5, 5.41) is 3.90. The lowest BCUT2D eigenvalue weighted by Crippen LogP contribution is -2.47. The first kappa shape index (κ1) is 22.1. The average Bonchev–Trinajstić information content (AvgIpc) is 3.15. The smallest absolute Gasteiger partial charge is 0.356 e. The highest BCUT2D eigenvalue weighted by Crippen LogP contribution is 2.29. The quantitative estimate of drug-likeness (QED) is 0.548. The van der Waals surface area contributed by atoms with E-state index < -0.39 is 11.8 Å². The van der Waals surface area contributed by atoms with Gasteiger partial charge in [-0.3, -0.25) is 9.69 Å². The lowest BCUT2D eigenvalue weighted by Gasteiger charge is -2.36. The zero-order chi connectivity index (χ0) is 22.7. The standard InChI is InChI=1S/C23H24ClFN4O3/c1-32-23(31)22-21(18-14-16(25)5-6-19(18)26-22)27-20(30)7-8-28-9-11-29(12-10-28)17-4-2-3-15(24)13-17/h2-6,13-14,26H,7-12H2,1H3,(H,27,30). The minimum absolute atomic E-state index is 0.0941. The number of rotatable bonds is 6. The molecule has 0 spiro atoms. The van der Waals surface area contributed by atoms with Crippen LogP contribution in [0.15, 0.2) is 42.5 Å². The molecule has 4 rings (SSSR count). The molecule has 1 saturated heterocycles. The maximum Gasteiger partial charge on any atom is 0.356 e. The van der Waals surface area contributed by atoms with E-state index in [2.05, 4.69) is 20.1 Å². The van der Waals surface area contributed by atoms with E-state index in [0.29, 0.717) is 22.5 Å². The van der Waals surface area contributed by atoms with Gasteiger partial charge in [-0.25, -0.2) is 9.18 Å². The van der Waals surface area contributed by atoms with Gasteiger partial charge in [0.1, 0.15) is 11.5 Å². The maximum absolute atomic E-state index is 13.8. The first-order chi connectivity index (χ1) is 15.4. The largest absolute Gasteiger partial charge is 0.464 e. The number of H-pyrrole nitrogens is 1. The van der Waals surface area contributed by atoms with E-state index in [1.165, 1.54) is 25.3 Å². The summed E-state index contributed by atoms with van der Waals surface area (Å²) in [6.45, 7) is 3.92. The second kappa shape index (κ2) is 9.58. The molecule has 0 radical (unpaired) electrons. The van der Waals surface area contributed by atoms with E-state index >= 15 is 0 Å². The van der Waals surface area contributed by atoms with Crippen molar-refractivity contribution >= 4 is 45.8 Å². The molecule has 1 amide bonds. The van der Waals surface area contributed by atoms with Crippen LogP contribution in [-0.2, 0) is 9.53 Å². The van der Waals surface area contributed by atoms with Crippen LogP contribution >= 0.6 is 11.6 Å². The summed E-state index contributed by atoms with van der Waals surface area (Å²) in [5.41, 5.74) is 1.97. The van der Waals surface area contributed by atoms with Crippen LogP contribution in [0.5, 0.6) is 0 Å². The van der Waals surface area contributed by atoms with Gasteiger partial charge < -0.3 is 19.9 Å². The lowest BCUT2D eigenvalue weighted by atomic mass is 10.2. The van der Waals surface area contributed by atoms with Gasteiger partial charge in [-0.15, -0.1) is 0 Å². The molecule has 7 nitrogen and oxygen atoms in total. The Kier molecular flexibility index (Phi) is 6.62. The topological polar surface area (TPSA) is 77.7 Å². The molecule has 9 heteroatoms. The summed E-state index contributed by atoms with van der Waals surface area (Å²) < 4.78 is 18.5. The third kappa shape index (κ3) is 4.87. The zero-order valence-corrected chi connectivity index (χ0v) is 18.4. The van der Waals surface area contributed by atoms with Gasteiger partial charge in [0.2, 0.25) is 5.91 Å². The fourth-order valence-electron chi connectivity index (χ4n) is 3.91. The number of nitrogens with zero attached hydrogens (tertiary/aromatic N) is 2. The Morgan fingerprint density at radius 1 is 1.16 bits per heavy atom. The summed E-state index contributed by atoms with van der Waals surface area (Å²) in [5.74, 6) is -1.34. The maximum atomic E-state index is 13.8. The first-order valence-electron chi connectivity index (χ1n) is 10.4. The first-order valence-corrected chi connectivity index (χ1v) is 10.7. The average molecular weight is 459 g/mol. The van der Waals surface area contributed by atoms with Crippen LogP contribution in [0.25, 0.3) is 10.9 Å². The highest BCUT2D eigenvalue weighted by Gasteiger charge is 2.22. The minimum Gasteiger partial charge on any atom is -0.464 e. The van der Waals surface area contributed by atoms with Gasteiger partial charge in [-0.05, 0) is 36.4 Å². The van der Waals surface area contributed by atoms with E-state index in [1.54, 1.807) is 0 Å². The molecule has 1 aliphatic rings. The zero-order valence-electron chi connectivity index (χ0n) is 17.7. The molecule has 3 aromatic rings. The third-order valence-electron chi connectivity index (χ3n) is 5.62. The molecule has 2 heterocycles. The summed E-state index contributed by atoms with van der Waals surface area (Å²) in [7, 11) is 1.25. The van der Waals surface area contributed by atoms with Crippen LogP contribution in [0.1, 0.15) is 16.9 Å². The van der Waals surface area contributed by atoms with Gasteiger partial charge >= 0.3 is 5.97 Å². The lowest BCUT2D eigenvalue weighted by molar-refractivity contribution is -0.116. The summed E-state index contributed by atoms with van der Waals surface area (Å²) in [4.78, 5) is 32.2. The number of carbonyl (C=O) groups excluding carboxylic acids is 2. The van der Waals surface area contributed by atoms with Crippen molar-refractivity contribution in [3.63, 3.8) is 0 Å². The van der Waals surface area contributed by atoms with Gasteiger partial charge in [0.15, 0.2) is 0 Å². The van der Waals surface area contributed by atoms with Gasteiger partial charge in [0, 0.05) is 60.8 Å². The molecule has 32 heavy (non-hydrogen) atoms. The number of amides is 1. The molecule has 0 bridgehead atoms. The predicted molar refractivity (Wildman–Crippen MR) is 123 cm³/mol.